The minimum absolute atomic E-state index is 0.0528. The normalized spacial score (nSPS) is 26.4. The summed E-state index contributed by atoms with van der Waals surface area (Å²) in [5.41, 5.74) is 0.430. The van der Waals surface area contributed by atoms with Crippen LogP contribution in [0.4, 0.5) is 0 Å². The Labute approximate surface area is 118 Å². The summed E-state index contributed by atoms with van der Waals surface area (Å²) in [4.78, 5) is 16.2. The van der Waals surface area contributed by atoms with Crippen molar-refractivity contribution in [2.75, 3.05) is 19.8 Å². The first-order chi connectivity index (χ1) is 9.72. The molecule has 2 atom stereocenters. The van der Waals surface area contributed by atoms with Gasteiger partial charge >= 0.3 is 0 Å². The van der Waals surface area contributed by atoms with Crippen molar-refractivity contribution >= 4 is 5.91 Å². The molecule has 110 valence electrons. The number of nitrogens with zero attached hydrogens (tertiary/aromatic N) is 2. The van der Waals surface area contributed by atoms with Gasteiger partial charge in [0.2, 0.25) is 0 Å². The number of carbonyl (C=O) groups is 1. The number of aromatic nitrogens is 2. The minimum Gasteiger partial charge on any atom is -0.379 e. The second-order valence-electron chi connectivity index (χ2n) is 5.68. The molecule has 0 aromatic carbocycles. The van der Waals surface area contributed by atoms with Gasteiger partial charge in [-0.3, -0.25) is 4.79 Å². The molecule has 1 N–H and O–H groups in total. The molecule has 0 radical (unpaired) electrons. The number of amides is 1. The highest BCUT2D eigenvalue weighted by Gasteiger charge is 2.31. The third-order valence-electron chi connectivity index (χ3n) is 3.79. The van der Waals surface area contributed by atoms with Crippen LogP contribution in [0.3, 0.4) is 0 Å². The third kappa shape index (κ3) is 3.37. The van der Waals surface area contributed by atoms with Crippen LogP contribution in [-0.4, -0.2) is 47.4 Å². The molecule has 2 aliphatic rings. The summed E-state index contributed by atoms with van der Waals surface area (Å²) in [7, 11) is 1.84. The lowest BCUT2D eigenvalue weighted by Crippen LogP contribution is -2.50. The molecule has 0 unspecified atom stereocenters. The van der Waals surface area contributed by atoms with Crippen LogP contribution in [0.15, 0.2) is 12.5 Å². The summed E-state index contributed by atoms with van der Waals surface area (Å²) in [5.74, 6) is 0.561. The molecule has 1 aliphatic carbocycles. The van der Waals surface area contributed by atoms with Gasteiger partial charge in [-0.2, -0.15) is 0 Å². The number of carbonyl (C=O) groups excluding carboxylic acids is 1. The Bertz CT molecular complexity index is 470. The molecule has 3 rings (SSSR count). The second kappa shape index (κ2) is 5.93. The smallest absolute Gasteiger partial charge is 0.271 e. The van der Waals surface area contributed by atoms with Crippen molar-refractivity contribution < 1.29 is 14.3 Å². The van der Waals surface area contributed by atoms with Crippen molar-refractivity contribution in [2.45, 2.75) is 31.4 Å². The average Bonchev–Trinajstić information content (AvgIpc) is 3.18. The van der Waals surface area contributed by atoms with Crippen LogP contribution in [0.2, 0.25) is 0 Å². The van der Waals surface area contributed by atoms with Gasteiger partial charge in [0.1, 0.15) is 5.69 Å². The molecule has 0 spiro atoms. The predicted octanol–water partition coefficient (Wildman–Crippen LogP) is 0.734. The van der Waals surface area contributed by atoms with E-state index >= 15 is 0 Å². The summed E-state index contributed by atoms with van der Waals surface area (Å²) in [6.45, 7) is 2.01. The molecule has 6 heteroatoms. The molecule has 1 saturated carbocycles. The molecule has 2 fully saturated rings. The molecular weight excluding hydrogens is 258 g/mol. The van der Waals surface area contributed by atoms with E-state index in [1.165, 1.54) is 12.8 Å². The number of rotatable bonds is 5. The monoisotopic (exact) mass is 279 g/mol. The molecule has 1 aliphatic heterocycles. The van der Waals surface area contributed by atoms with E-state index in [4.69, 9.17) is 9.47 Å². The fraction of sp³-hybridized carbons (Fsp3) is 0.714. The van der Waals surface area contributed by atoms with E-state index in [0.29, 0.717) is 18.9 Å². The van der Waals surface area contributed by atoms with Gasteiger partial charge in [0.15, 0.2) is 0 Å². The Morgan fingerprint density at radius 2 is 2.40 bits per heavy atom. The van der Waals surface area contributed by atoms with Crippen LogP contribution in [0.5, 0.6) is 0 Å². The average molecular weight is 279 g/mol. The minimum atomic E-state index is -0.166. The molecule has 1 saturated heterocycles. The van der Waals surface area contributed by atoms with E-state index in [2.05, 4.69) is 10.3 Å². The summed E-state index contributed by atoms with van der Waals surface area (Å²) in [6, 6.07) is -0.0861. The molecular formula is C14H21N3O3. The molecule has 1 aromatic rings. The Hall–Kier alpha value is -1.40. The van der Waals surface area contributed by atoms with Crippen LogP contribution in [0.1, 0.15) is 29.8 Å². The summed E-state index contributed by atoms with van der Waals surface area (Å²) in [6.07, 6.45) is 6.76. The van der Waals surface area contributed by atoms with Gasteiger partial charge < -0.3 is 19.4 Å². The van der Waals surface area contributed by atoms with Crippen molar-refractivity contribution in [3.8, 4) is 0 Å². The molecule has 20 heavy (non-hydrogen) atoms. The zero-order valence-corrected chi connectivity index (χ0v) is 11.7. The first kappa shape index (κ1) is 13.6. The van der Waals surface area contributed by atoms with Gasteiger partial charge in [-0.25, -0.2) is 4.98 Å². The number of hydrogen-bond acceptors (Lipinski definition) is 4. The molecule has 2 heterocycles. The maximum absolute atomic E-state index is 12.1. The van der Waals surface area contributed by atoms with Gasteiger partial charge in [-0.15, -0.1) is 0 Å². The topological polar surface area (TPSA) is 65.4 Å². The summed E-state index contributed by atoms with van der Waals surface area (Å²) < 4.78 is 13.2. The Kier molecular flexibility index (Phi) is 4.03. The fourth-order valence-corrected chi connectivity index (χ4v) is 2.37. The third-order valence-corrected chi connectivity index (χ3v) is 3.79. The fourth-order valence-electron chi connectivity index (χ4n) is 2.37. The number of aryl methyl sites for hydroxylation is 1. The number of hydrogen-bond donors (Lipinski definition) is 1. The maximum atomic E-state index is 12.1. The van der Waals surface area contributed by atoms with E-state index in [0.717, 1.165) is 18.9 Å². The van der Waals surface area contributed by atoms with Crippen LogP contribution in [-0.2, 0) is 16.5 Å². The zero-order valence-electron chi connectivity index (χ0n) is 11.7. The van der Waals surface area contributed by atoms with Crippen molar-refractivity contribution in [3.63, 3.8) is 0 Å². The van der Waals surface area contributed by atoms with Gasteiger partial charge in [0.05, 0.1) is 25.1 Å². The highest BCUT2D eigenvalue weighted by atomic mass is 16.5. The number of imidazole rings is 1. The standard InChI is InChI=1S/C14H21N3O3/c1-17-6-11(15-9-17)14(18)16-12-8-19-5-4-13(12)20-7-10-2-3-10/h6,9-10,12-13H,2-5,7-8H2,1H3,(H,16,18)/t12-,13+/m1/s1. The van der Waals surface area contributed by atoms with Crippen LogP contribution >= 0.6 is 0 Å². The Morgan fingerprint density at radius 3 is 3.10 bits per heavy atom. The lowest BCUT2D eigenvalue weighted by Gasteiger charge is -2.32. The van der Waals surface area contributed by atoms with E-state index in [9.17, 15) is 4.79 Å². The lowest BCUT2D eigenvalue weighted by atomic mass is 10.1. The largest absolute Gasteiger partial charge is 0.379 e. The van der Waals surface area contributed by atoms with Gasteiger partial charge in [0.25, 0.3) is 5.91 Å². The van der Waals surface area contributed by atoms with Crippen LogP contribution in [0.25, 0.3) is 0 Å². The van der Waals surface area contributed by atoms with Crippen molar-refractivity contribution in [1.82, 2.24) is 14.9 Å². The maximum Gasteiger partial charge on any atom is 0.271 e. The second-order valence-corrected chi connectivity index (χ2v) is 5.68. The van der Waals surface area contributed by atoms with E-state index < -0.39 is 0 Å². The van der Waals surface area contributed by atoms with Crippen LogP contribution < -0.4 is 5.32 Å². The first-order valence-corrected chi connectivity index (χ1v) is 7.20. The zero-order chi connectivity index (χ0) is 13.9. The Morgan fingerprint density at radius 1 is 1.55 bits per heavy atom. The van der Waals surface area contributed by atoms with Gasteiger partial charge in [-0.1, -0.05) is 0 Å². The quantitative estimate of drug-likeness (QED) is 0.863. The Balaban J connectivity index is 1.56. The van der Waals surface area contributed by atoms with E-state index in [-0.39, 0.29) is 18.1 Å². The summed E-state index contributed by atoms with van der Waals surface area (Å²) in [5, 5.41) is 2.98. The molecule has 0 bridgehead atoms. The summed E-state index contributed by atoms with van der Waals surface area (Å²) >= 11 is 0. The highest BCUT2D eigenvalue weighted by Crippen LogP contribution is 2.30. The predicted molar refractivity (Wildman–Crippen MR) is 72.4 cm³/mol. The van der Waals surface area contributed by atoms with E-state index in [1.54, 1.807) is 17.1 Å². The molecule has 6 nitrogen and oxygen atoms in total. The van der Waals surface area contributed by atoms with E-state index in [1.807, 2.05) is 7.05 Å². The lowest BCUT2D eigenvalue weighted by molar-refractivity contribution is -0.0567. The number of ether oxygens (including phenoxy) is 2. The highest BCUT2D eigenvalue weighted by molar-refractivity contribution is 5.92. The number of nitrogens with one attached hydrogen (secondary N) is 1. The first-order valence-electron chi connectivity index (χ1n) is 7.20. The van der Waals surface area contributed by atoms with Crippen molar-refractivity contribution in [3.05, 3.63) is 18.2 Å². The SMILES string of the molecule is Cn1cnc(C(=O)N[C@@H]2COCC[C@@H]2OCC2CC2)c1. The van der Waals surface area contributed by atoms with Gasteiger partial charge in [-0.05, 0) is 25.2 Å². The van der Waals surface area contributed by atoms with Crippen molar-refractivity contribution in [1.29, 1.82) is 0 Å². The van der Waals surface area contributed by atoms with Crippen LogP contribution in [0, 0.1) is 5.92 Å². The molecule has 1 amide bonds. The van der Waals surface area contributed by atoms with Crippen molar-refractivity contribution in [2.24, 2.45) is 13.0 Å². The van der Waals surface area contributed by atoms with Gasteiger partial charge in [0, 0.05) is 26.5 Å². The molecule has 1 aromatic heterocycles.